The minimum absolute atomic E-state index is 0.0711. The lowest BCUT2D eigenvalue weighted by molar-refractivity contribution is -0.385. The highest BCUT2D eigenvalue weighted by molar-refractivity contribution is 9.10. The first-order chi connectivity index (χ1) is 9.88. The van der Waals surface area contributed by atoms with Gasteiger partial charge in [-0.1, -0.05) is 15.9 Å². The summed E-state index contributed by atoms with van der Waals surface area (Å²) < 4.78 is 14.6. The summed E-state index contributed by atoms with van der Waals surface area (Å²) in [4.78, 5) is 10.4. The van der Waals surface area contributed by atoms with E-state index in [1.165, 1.54) is 12.1 Å². The molecule has 0 radical (unpaired) electrons. The van der Waals surface area contributed by atoms with Crippen LogP contribution in [-0.4, -0.2) is 4.92 Å². The number of benzene rings is 2. The number of hydrogen-bond donors (Lipinski definition) is 1. The fourth-order valence-corrected chi connectivity index (χ4v) is 2.50. The maximum absolute atomic E-state index is 13.8. The van der Waals surface area contributed by atoms with Crippen LogP contribution < -0.4 is 5.32 Å². The maximum Gasteiger partial charge on any atom is 0.272 e. The van der Waals surface area contributed by atoms with Crippen molar-refractivity contribution >= 4 is 27.3 Å². The van der Waals surface area contributed by atoms with Crippen molar-refractivity contribution in [3.05, 3.63) is 67.9 Å². The van der Waals surface area contributed by atoms with Crippen LogP contribution in [0.3, 0.4) is 0 Å². The van der Waals surface area contributed by atoms with Gasteiger partial charge in [0, 0.05) is 27.4 Å². The summed E-state index contributed by atoms with van der Waals surface area (Å²) in [5, 5.41) is 13.9. The van der Waals surface area contributed by atoms with Crippen LogP contribution in [-0.2, 0) is 0 Å². The highest BCUT2D eigenvalue weighted by atomic mass is 79.9. The Morgan fingerprint density at radius 3 is 2.62 bits per heavy atom. The van der Waals surface area contributed by atoms with Crippen molar-refractivity contribution in [2.45, 2.75) is 19.9 Å². The molecule has 0 amide bonds. The topological polar surface area (TPSA) is 55.2 Å². The third kappa shape index (κ3) is 3.58. The summed E-state index contributed by atoms with van der Waals surface area (Å²) in [6, 6.07) is 9.25. The maximum atomic E-state index is 13.8. The Morgan fingerprint density at radius 1 is 1.29 bits per heavy atom. The molecule has 0 aromatic heterocycles. The van der Waals surface area contributed by atoms with E-state index >= 15 is 0 Å². The Hall–Kier alpha value is -1.95. The van der Waals surface area contributed by atoms with E-state index in [1.807, 2.05) is 6.92 Å². The van der Waals surface area contributed by atoms with E-state index in [9.17, 15) is 14.5 Å². The van der Waals surface area contributed by atoms with Crippen LogP contribution in [0.2, 0.25) is 0 Å². The van der Waals surface area contributed by atoms with Crippen LogP contribution in [0.25, 0.3) is 0 Å². The molecular weight excluding hydrogens is 339 g/mol. The Bertz CT molecular complexity index is 691. The van der Waals surface area contributed by atoms with Gasteiger partial charge in [0.1, 0.15) is 5.82 Å². The Morgan fingerprint density at radius 2 is 2.00 bits per heavy atom. The number of aryl methyl sites for hydroxylation is 1. The first kappa shape index (κ1) is 15.4. The number of nitrogens with one attached hydrogen (secondary N) is 1. The predicted octanol–water partition coefficient (Wildman–Crippen LogP) is 4.98. The zero-order chi connectivity index (χ0) is 15.6. The minimum Gasteiger partial charge on any atom is -0.378 e. The normalized spacial score (nSPS) is 12.0. The number of nitrogens with zero attached hydrogens (tertiary/aromatic N) is 1. The lowest BCUT2D eigenvalue weighted by Crippen LogP contribution is -2.09. The predicted molar refractivity (Wildman–Crippen MR) is 84.0 cm³/mol. The largest absolute Gasteiger partial charge is 0.378 e. The van der Waals surface area contributed by atoms with Crippen LogP contribution in [0.5, 0.6) is 0 Å². The fourth-order valence-electron chi connectivity index (χ4n) is 2.12. The molecular formula is C15H14BrFN2O2. The summed E-state index contributed by atoms with van der Waals surface area (Å²) in [6.45, 7) is 3.51. The number of hydrogen-bond acceptors (Lipinski definition) is 3. The van der Waals surface area contributed by atoms with Gasteiger partial charge in [0.15, 0.2) is 0 Å². The first-order valence-corrected chi connectivity index (χ1v) is 7.14. The second-order valence-electron chi connectivity index (χ2n) is 4.79. The van der Waals surface area contributed by atoms with Gasteiger partial charge in [-0.3, -0.25) is 10.1 Å². The van der Waals surface area contributed by atoms with Crippen molar-refractivity contribution in [3.8, 4) is 0 Å². The molecule has 0 fully saturated rings. The number of nitro benzene ring substituents is 1. The molecule has 0 saturated carbocycles. The molecule has 110 valence electrons. The lowest BCUT2D eigenvalue weighted by atomic mass is 10.1. The lowest BCUT2D eigenvalue weighted by Gasteiger charge is -2.17. The van der Waals surface area contributed by atoms with Crippen molar-refractivity contribution < 1.29 is 9.31 Å². The molecule has 0 aliphatic heterocycles. The summed E-state index contributed by atoms with van der Waals surface area (Å²) in [5.41, 5.74) is 1.87. The van der Waals surface area contributed by atoms with E-state index in [4.69, 9.17) is 0 Å². The summed E-state index contributed by atoms with van der Waals surface area (Å²) in [5.74, 6) is -0.295. The summed E-state index contributed by atoms with van der Waals surface area (Å²) in [7, 11) is 0. The third-order valence-electron chi connectivity index (χ3n) is 3.20. The molecule has 1 N–H and O–H groups in total. The van der Waals surface area contributed by atoms with Crippen LogP contribution in [0.4, 0.5) is 15.8 Å². The van der Waals surface area contributed by atoms with E-state index in [0.29, 0.717) is 16.8 Å². The first-order valence-electron chi connectivity index (χ1n) is 6.35. The smallest absolute Gasteiger partial charge is 0.272 e. The molecule has 2 aromatic carbocycles. The van der Waals surface area contributed by atoms with Crippen molar-refractivity contribution in [2.75, 3.05) is 5.32 Å². The van der Waals surface area contributed by atoms with Gasteiger partial charge in [0.05, 0.1) is 11.0 Å². The Balaban J connectivity index is 2.23. The molecule has 0 bridgehead atoms. The van der Waals surface area contributed by atoms with Gasteiger partial charge in [-0.25, -0.2) is 4.39 Å². The Labute approximate surface area is 130 Å². The monoisotopic (exact) mass is 352 g/mol. The summed E-state index contributed by atoms with van der Waals surface area (Å²) in [6.07, 6.45) is 0. The van der Waals surface area contributed by atoms with Gasteiger partial charge in [0.25, 0.3) is 5.69 Å². The molecule has 0 saturated heterocycles. The quantitative estimate of drug-likeness (QED) is 0.623. The SMILES string of the molecule is Cc1cc(NC(C)c2cc(Br)ccc2F)ccc1[N+](=O)[O-]. The van der Waals surface area contributed by atoms with Crippen LogP contribution in [0.15, 0.2) is 40.9 Å². The number of halogens is 2. The van der Waals surface area contributed by atoms with Crippen LogP contribution in [0.1, 0.15) is 24.1 Å². The molecule has 21 heavy (non-hydrogen) atoms. The minimum atomic E-state index is -0.420. The summed E-state index contributed by atoms with van der Waals surface area (Å²) >= 11 is 3.32. The molecule has 0 aliphatic carbocycles. The van der Waals surface area contributed by atoms with Crippen molar-refractivity contribution in [1.82, 2.24) is 0 Å². The van der Waals surface area contributed by atoms with E-state index in [0.717, 1.165) is 4.47 Å². The average molecular weight is 353 g/mol. The van der Waals surface area contributed by atoms with E-state index < -0.39 is 4.92 Å². The molecule has 1 atom stereocenters. The van der Waals surface area contributed by atoms with Gasteiger partial charge in [-0.05, 0) is 44.2 Å². The number of anilines is 1. The van der Waals surface area contributed by atoms with E-state index in [2.05, 4.69) is 21.2 Å². The molecule has 2 aromatic rings. The zero-order valence-corrected chi connectivity index (χ0v) is 13.1. The van der Waals surface area contributed by atoms with E-state index in [1.54, 1.807) is 31.2 Å². The van der Waals surface area contributed by atoms with Gasteiger partial charge >= 0.3 is 0 Å². The van der Waals surface area contributed by atoms with Crippen molar-refractivity contribution in [1.29, 1.82) is 0 Å². The van der Waals surface area contributed by atoms with Crippen LogP contribution >= 0.6 is 15.9 Å². The van der Waals surface area contributed by atoms with Crippen LogP contribution in [0, 0.1) is 22.9 Å². The van der Waals surface area contributed by atoms with Gasteiger partial charge in [-0.15, -0.1) is 0 Å². The fraction of sp³-hybridized carbons (Fsp3) is 0.200. The molecule has 0 aliphatic rings. The molecule has 6 heteroatoms. The highest BCUT2D eigenvalue weighted by Crippen LogP contribution is 2.27. The number of nitro groups is 1. The van der Waals surface area contributed by atoms with Gasteiger partial charge in [0.2, 0.25) is 0 Å². The molecule has 2 rings (SSSR count). The van der Waals surface area contributed by atoms with Gasteiger partial charge < -0.3 is 5.32 Å². The second-order valence-corrected chi connectivity index (χ2v) is 5.71. The van der Waals surface area contributed by atoms with Crippen molar-refractivity contribution in [3.63, 3.8) is 0 Å². The zero-order valence-electron chi connectivity index (χ0n) is 11.6. The highest BCUT2D eigenvalue weighted by Gasteiger charge is 2.14. The van der Waals surface area contributed by atoms with Gasteiger partial charge in [-0.2, -0.15) is 0 Å². The standard InChI is InChI=1S/C15H14BrFN2O2/c1-9-7-12(4-6-15(9)19(20)21)18-10(2)13-8-11(16)3-5-14(13)17/h3-8,10,18H,1-2H3. The molecule has 0 spiro atoms. The number of rotatable bonds is 4. The molecule has 0 heterocycles. The van der Waals surface area contributed by atoms with E-state index in [-0.39, 0.29) is 17.5 Å². The third-order valence-corrected chi connectivity index (χ3v) is 3.69. The Kier molecular flexibility index (Phi) is 4.57. The second kappa shape index (κ2) is 6.22. The van der Waals surface area contributed by atoms with Crippen molar-refractivity contribution in [2.24, 2.45) is 0 Å². The molecule has 4 nitrogen and oxygen atoms in total. The average Bonchev–Trinajstić information content (AvgIpc) is 2.41. The molecule has 1 unspecified atom stereocenters.